The Morgan fingerprint density at radius 1 is 1.10 bits per heavy atom. The number of anilines is 1. The fourth-order valence-corrected chi connectivity index (χ4v) is 3.02. The average molecular weight is 419 g/mol. The van der Waals surface area contributed by atoms with E-state index in [0.29, 0.717) is 35.1 Å². The van der Waals surface area contributed by atoms with Gasteiger partial charge in [-0.2, -0.15) is 5.10 Å². The van der Waals surface area contributed by atoms with E-state index in [1.165, 1.54) is 28.3 Å². The van der Waals surface area contributed by atoms with Crippen LogP contribution in [0.2, 0.25) is 0 Å². The van der Waals surface area contributed by atoms with Gasteiger partial charge in [0.25, 0.3) is 5.91 Å². The predicted octanol–water partition coefficient (Wildman–Crippen LogP) is 2.57. The SMILES string of the molecule is COc1cc(CCC(=O)O[C@@H](C)C(=O)Nc2c(C)nn(C)c2C)cc(OC)c1OC. The quantitative estimate of drug-likeness (QED) is 0.624. The maximum absolute atomic E-state index is 12.4. The van der Waals surface area contributed by atoms with Crippen molar-refractivity contribution >= 4 is 17.6 Å². The number of methoxy groups -OCH3 is 3. The Balaban J connectivity index is 1.96. The lowest BCUT2D eigenvalue weighted by Gasteiger charge is -2.15. The van der Waals surface area contributed by atoms with Gasteiger partial charge in [0.2, 0.25) is 5.75 Å². The van der Waals surface area contributed by atoms with E-state index < -0.39 is 18.0 Å². The second-order valence-corrected chi connectivity index (χ2v) is 6.82. The van der Waals surface area contributed by atoms with Crippen molar-refractivity contribution in [3.63, 3.8) is 0 Å². The van der Waals surface area contributed by atoms with Crippen LogP contribution in [0.15, 0.2) is 12.1 Å². The van der Waals surface area contributed by atoms with Crippen LogP contribution in [-0.4, -0.2) is 49.1 Å². The molecule has 1 N–H and O–H groups in total. The average Bonchev–Trinajstić information content (AvgIpc) is 2.96. The van der Waals surface area contributed by atoms with E-state index in [2.05, 4.69) is 10.4 Å². The van der Waals surface area contributed by atoms with Crippen LogP contribution < -0.4 is 19.5 Å². The first-order valence-corrected chi connectivity index (χ1v) is 9.51. The molecular weight excluding hydrogens is 390 g/mol. The van der Waals surface area contributed by atoms with Gasteiger partial charge in [-0.15, -0.1) is 0 Å². The fraction of sp³-hybridized carbons (Fsp3) is 0.476. The standard InChI is InChI=1S/C21H29N3O6/c1-12-19(13(2)24(4)23-12)22-21(26)14(3)30-18(25)9-8-15-10-16(27-5)20(29-7)17(11-15)28-6/h10-11,14H,8-9H2,1-7H3,(H,22,26)/t14-/m0/s1. The first-order chi connectivity index (χ1) is 14.2. The highest BCUT2D eigenvalue weighted by Crippen LogP contribution is 2.38. The number of amides is 1. The van der Waals surface area contributed by atoms with E-state index in [4.69, 9.17) is 18.9 Å². The van der Waals surface area contributed by atoms with Gasteiger partial charge in [0.1, 0.15) is 0 Å². The second-order valence-electron chi connectivity index (χ2n) is 6.82. The summed E-state index contributed by atoms with van der Waals surface area (Å²) in [6, 6.07) is 3.55. The minimum atomic E-state index is -0.934. The van der Waals surface area contributed by atoms with Gasteiger partial charge in [-0.05, 0) is 44.9 Å². The minimum absolute atomic E-state index is 0.0984. The molecule has 0 spiro atoms. The van der Waals surface area contributed by atoms with Crippen LogP contribution in [-0.2, 0) is 27.8 Å². The molecule has 1 atom stereocenters. The molecule has 0 aliphatic rings. The van der Waals surface area contributed by atoms with Crippen molar-refractivity contribution in [1.29, 1.82) is 0 Å². The molecule has 1 aromatic heterocycles. The van der Waals surface area contributed by atoms with Gasteiger partial charge in [-0.1, -0.05) is 0 Å². The highest BCUT2D eigenvalue weighted by molar-refractivity contribution is 5.96. The summed E-state index contributed by atoms with van der Waals surface area (Å²) in [5, 5.41) is 7.03. The van der Waals surface area contributed by atoms with Crippen molar-refractivity contribution in [2.24, 2.45) is 7.05 Å². The zero-order valence-corrected chi connectivity index (χ0v) is 18.5. The number of rotatable bonds is 9. The number of carbonyl (C=O) groups excluding carboxylic acids is 2. The number of ether oxygens (including phenoxy) is 4. The molecule has 1 aromatic carbocycles. The fourth-order valence-electron chi connectivity index (χ4n) is 3.02. The first-order valence-electron chi connectivity index (χ1n) is 9.51. The van der Waals surface area contributed by atoms with Gasteiger partial charge in [0.15, 0.2) is 17.6 Å². The molecule has 0 aliphatic carbocycles. The zero-order valence-electron chi connectivity index (χ0n) is 18.5. The summed E-state index contributed by atoms with van der Waals surface area (Å²) in [7, 11) is 6.38. The van der Waals surface area contributed by atoms with Crippen LogP contribution in [0.3, 0.4) is 0 Å². The van der Waals surface area contributed by atoms with Crippen molar-refractivity contribution in [2.45, 2.75) is 39.7 Å². The monoisotopic (exact) mass is 419 g/mol. The molecule has 0 unspecified atom stereocenters. The summed E-state index contributed by atoms with van der Waals surface area (Å²) in [5.41, 5.74) is 2.97. The predicted molar refractivity (Wildman–Crippen MR) is 111 cm³/mol. The number of benzene rings is 1. The highest BCUT2D eigenvalue weighted by Gasteiger charge is 2.21. The highest BCUT2D eigenvalue weighted by atomic mass is 16.5. The van der Waals surface area contributed by atoms with Crippen molar-refractivity contribution < 1.29 is 28.5 Å². The van der Waals surface area contributed by atoms with Gasteiger partial charge >= 0.3 is 5.97 Å². The number of hydrogen-bond acceptors (Lipinski definition) is 7. The van der Waals surface area contributed by atoms with E-state index in [-0.39, 0.29) is 6.42 Å². The molecule has 2 aromatic rings. The summed E-state index contributed by atoms with van der Waals surface area (Å²) in [4.78, 5) is 24.6. The molecule has 0 saturated heterocycles. The smallest absolute Gasteiger partial charge is 0.306 e. The third-order valence-corrected chi connectivity index (χ3v) is 4.78. The van der Waals surface area contributed by atoms with E-state index >= 15 is 0 Å². The molecule has 0 aliphatic heterocycles. The number of aryl methyl sites for hydroxylation is 3. The third-order valence-electron chi connectivity index (χ3n) is 4.78. The Labute approximate surface area is 176 Å². The van der Waals surface area contributed by atoms with Crippen molar-refractivity contribution in [3.05, 3.63) is 29.1 Å². The largest absolute Gasteiger partial charge is 0.493 e. The molecule has 0 bridgehead atoms. The van der Waals surface area contributed by atoms with Gasteiger partial charge in [0, 0.05) is 13.5 Å². The molecule has 2 rings (SSSR count). The van der Waals surface area contributed by atoms with Gasteiger partial charge < -0.3 is 24.3 Å². The topological polar surface area (TPSA) is 101 Å². The number of carbonyl (C=O) groups is 2. The van der Waals surface area contributed by atoms with Crippen LogP contribution in [0, 0.1) is 13.8 Å². The number of aromatic nitrogens is 2. The van der Waals surface area contributed by atoms with Gasteiger partial charge in [-0.25, -0.2) is 0 Å². The maximum atomic E-state index is 12.4. The number of nitrogens with zero attached hydrogens (tertiary/aromatic N) is 2. The van der Waals surface area contributed by atoms with Crippen molar-refractivity contribution in [1.82, 2.24) is 9.78 Å². The lowest BCUT2D eigenvalue weighted by Crippen LogP contribution is -2.30. The van der Waals surface area contributed by atoms with Crippen LogP contribution >= 0.6 is 0 Å². The normalized spacial score (nSPS) is 11.6. The molecule has 1 amide bonds. The van der Waals surface area contributed by atoms with Crippen molar-refractivity contribution in [3.8, 4) is 17.2 Å². The summed E-state index contributed by atoms with van der Waals surface area (Å²) >= 11 is 0. The Bertz CT molecular complexity index is 897. The van der Waals surface area contributed by atoms with Crippen LogP contribution in [0.5, 0.6) is 17.2 Å². The molecule has 0 fully saturated rings. The van der Waals surface area contributed by atoms with E-state index in [0.717, 1.165) is 11.3 Å². The molecule has 0 saturated carbocycles. The molecule has 1 heterocycles. The lowest BCUT2D eigenvalue weighted by molar-refractivity contribution is -0.153. The zero-order chi connectivity index (χ0) is 22.4. The maximum Gasteiger partial charge on any atom is 0.306 e. The first kappa shape index (κ1) is 23.1. The van der Waals surface area contributed by atoms with Crippen molar-refractivity contribution in [2.75, 3.05) is 26.6 Å². The summed E-state index contributed by atoms with van der Waals surface area (Å²) in [6.07, 6.45) is -0.442. The van der Waals surface area contributed by atoms with Crippen LogP contribution in [0.25, 0.3) is 0 Å². The summed E-state index contributed by atoms with van der Waals surface area (Å²) < 4.78 is 22.9. The summed E-state index contributed by atoms with van der Waals surface area (Å²) in [5.74, 6) is 0.615. The molecule has 9 heteroatoms. The second kappa shape index (κ2) is 10.00. The van der Waals surface area contributed by atoms with Crippen LogP contribution in [0.4, 0.5) is 5.69 Å². The number of hydrogen-bond donors (Lipinski definition) is 1. The third kappa shape index (κ3) is 5.22. The van der Waals surface area contributed by atoms with E-state index in [1.807, 2.05) is 6.92 Å². The molecule has 0 radical (unpaired) electrons. The number of nitrogens with one attached hydrogen (secondary N) is 1. The number of esters is 1. The lowest BCUT2D eigenvalue weighted by atomic mass is 10.1. The Hall–Kier alpha value is -3.23. The molecule has 164 valence electrons. The Morgan fingerprint density at radius 2 is 1.70 bits per heavy atom. The Kier molecular flexibility index (Phi) is 7.68. The van der Waals surface area contributed by atoms with Gasteiger partial charge in [0.05, 0.1) is 38.4 Å². The summed E-state index contributed by atoms with van der Waals surface area (Å²) in [6.45, 7) is 5.19. The van der Waals surface area contributed by atoms with E-state index in [9.17, 15) is 9.59 Å². The van der Waals surface area contributed by atoms with E-state index in [1.54, 1.807) is 30.8 Å². The van der Waals surface area contributed by atoms with Gasteiger partial charge in [-0.3, -0.25) is 14.3 Å². The minimum Gasteiger partial charge on any atom is -0.493 e. The van der Waals surface area contributed by atoms with Crippen LogP contribution in [0.1, 0.15) is 30.3 Å². The molecule has 9 nitrogen and oxygen atoms in total. The molecular formula is C21H29N3O6. The Morgan fingerprint density at radius 3 is 2.17 bits per heavy atom. The molecule has 30 heavy (non-hydrogen) atoms.